The zero-order valence-corrected chi connectivity index (χ0v) is 22.3. The van der Waals surface area contributed by atoms with Crippen molar-refractivity contribution in [3.05, 3.63) is 100 Å². The predicted molar refractivity (Wildman–Crippen MR) is 153 cm³/mol. The van der Waals surface area contributed by atoms with Gasteiger partial charge in [-0.3, -0.25) is 14.2 Å². The third kappa shape index (κ3) is 4.44. The summed E-state index contributed by atoms with van der Waals surface area (Å²) < 4.78 is 3.33. The van der Waals surface area contributed by atoms with Crippen molar-refractivity contribution < 1.29 is 4.79 Å². The van der Waals surface area contributed by atoms with Gasteiger partial charge in [-0.25, -0.2) is 9.50 Å². The lowest BCUT2D eigenvalue weighted by molar-refractivity contribution is 0.0939. The lowest BCUT2D eigenvalue weighted by Gasteiger charge is -2.34. The van der Waals surface area contributed by atoms with Gasteiger partial charge in [0.25, 0.3) is 11.5 Å². The molecule has 6 rings (SSSR count). The largest absolute Gasteiger partial charge is 0.368 e. The predicted octanol–water partition coefficient (Wildman–Crippen LogP) is 3.58. The van der Waals surface area contributed by atoms with Crippen LogP contribution in [0.3, 0.4) is 0 Å². The highest BCUT2D eigenvalue weighted by Crippen LogP contribution is 2.29. The highest BCUT2D eigenvalue weighted by Gasteiger charge is 2.25. The van der Waals surface area contributed by atoms with Crippen LogP contribution in [0.15, 0.2) is 77.9 Å². The van der Waals surface area contributed by atoms with Crippen molar-refractivity contribution in [1.82, 2.24) is 29.4 Å². The summed E-state index contributed by atoms with van der Waals surface area (Å²) in [5.74, 6) is -0.285. The van der Waals surface area contributed by atoms with E-state index >= 15 is 0 Å². The maximum absolute atomic E-state index is 14.3. The van der Waals surface area contributed by atoms with Crippen molar-refractivity contribution in [2.45, 2.75) is 19.9 Å². The number of hydrogen-bond donors (Lipinski definition) is 1. The summed E-state index contributed by atoms with van der Waals surface area (Å²) in [6, 6.07) is 18.9. The summed E-state index contributed by atoms with van der Waals surface area (Å²) in [6.45, 7) is 7.31. The van der Waals surface area contributed by atoms with E-state index < -0.39 is 6.04 Å². The number of likely N-dealkylation sites (N-methyl/N-ethyl adjacent to an activating group) is 1. The Morgan fingerprint density at radius 2 is 1.77 bits per heavy atom. The number of aromatic nitrogens is 4. The van der Waals surface area contributed by atoms with E-state index in [1.807, 2.05) is 61.5 Å². The van der Waals surface area contributed by atoms with Crippen molar-refractivity contribution in [2.24, 2.45) is 0 Å². The SMILES string of the molecule is Cc1nn2cccnc2c1C(=O)N[C@@H](C)c1cc2cccc(N3CCN(C)CC3)c2c(=O)n1-c1ccccc1. The second kappa shape index (κ2) is 9.99. The van der Waals surface area contributed by atoms with E-state index in [4.69, 9.17) is 0 Å². The Morgan fingerprint density at radius 1 is 1.00 bits per heavy atom. The highest BCUT2D eigenvalue weighted by molar-refractivity contribution is 6.01. The van der Waals surface area contributed by atoms with Crippen LogP contribution in [-0.2, 0) is 0 Å². The number of benzene rings is 2. The minimum absolute atomic E-state index is 0.0989. The normalized spacial score (nSPS) is 15.1. The zero-order valence-electron chi connectivity index (χ0n) is 22.3. The lowest BCUT2D eigenvalue weighted by Crippen LogP contribution is -2.45. The van der Waals surface area contributed by atoms with Crippen LogP contribution < -0.4 is 15.8 Å². The molecule has 0 unspecified atom stereocenters. The lowest BCUT2D eigenvalue weighted by atomic mass is 10.0. The summed E-state index contributed by atoms with van der Waals surface area (Å²) in [7, 11) is 2.12. The standard InChI is InChI=1S/C30H31N7O2/c1-20(32-29(38)26-21(2)33-36-14-8-13-31-28(26)36)25-19-22-9-7-12-24(35-17-15-34(3)16-18-35)27(22)30(39)37(25)23-10-5-4-6-11-23/h4-14,19-20H,15-18H2,1-3H3,(H,32,38)/t20-/m0/s1. The van der Waals surface area contributed by atoms with E-state index in [-0.39, 0.29) is 11.5 Å². The minimum Gasteiger partial charge on any atom is -0.368 e. The van der Waals surface area contributed by atoms with Gasteiger partial charge >= 0.3 is 0 Å². The van der Waals surface area contributed by atoms with Crippen molar-refractivity contribution >= 4 is 28.0 Å². The number of nitrogens with one attached hydrogen (secondary N) is 1. The van der Waals surface area contributed by atoms with Gasteiger partial charge in [0.05, 0.1) is 22.8 Å². The molecule has 2 aromatic carbocycles. The van der Waals surface area contributed by atoms with Crippen molar-refractivity contribution in [3.8, 4) is 5.69 Å². The number of carbonyl (C=O) groups is 1. The highest BCUT2D eigenvalue weighted by atomic mass is 16.2. The van der Waals surface area contributed by atoms with E-state index in [1.54, 1.807) is 34.5 Å². The molecule has 4 heterocycles. The molecule has 9 heteroatoms. The van der Waals surface area contributed by atoms with Crippen molar-refractivity contribution in [2.75, 3.05) is 38.1 Å². The maximum Gasteiger partial charge on any atom is 0.265 e. The van der Waals surface area contributed by atoms with Gasteiger partial charge in [-0.15, -0.1) is 0 Å². The van der Waals surface area contributed by atoms with E-state index in [1.165, 1.54) is 0 Å². The number of amides is 1. The molecule has 0 radical (unpaired) electrons. The number of hydrogen-bond acceptors (Lipinski definition) is 6. The Kier molecular flexibility index (Phi) is 6.36. The topological polar surface area (TPSA) is 87.8 Å². The fraction of sp³-hybridized carbons (Fsp3) is 0.267. The molecule has 5 aromatic rings. The first-order valence-corrected chi connectivity index (χ1v) is 13.2. The van der Waals surface area contributed by atoms with Crippen LogP contribution in [0.5, 0.6) is 0 Å². The number of rotatable bonds is 5. The minimum atomic E-state index is -0.472. The summed E-state index contributed by atoms with van der Waals surface area (Å²) in [5, 5.41) is 9.08. The van der Waals surface area contributed by atoms with Crippen LogP contribution in [0.25, 0.3) is 22.1 Å². The van der Waals surface area contributed by atoms with Gasteiger partial charge in [0.1, 0.15) is 5.56 Å². The summed E-state index contributed by atoms with van der Waals surface area (Å²) in [5.41, 5.74) is 3.82. The second-order valence-electron chi connectivity index (χ2n) is 10.1. The second-order valence-corrected chi connectivity index (χ2v) is 10.1. The molecule has 1 N–H and O–H groups in total. The average Bonchev–Trinajstić information content (AvgIpc) is 3.29. The monoisotopic (exact) mass is 521 g/mol. The number of carbonyl (C=O) groups excluding carboxylic acids is 1. The average molecular weight is 522 g/mol. The molecule has 1 amide bonds. The molecule has 0 aliphatic carbocycles. The molecule has 39 heavy (non-hydrogen) atoms. The van der Waals surface area contributed by atoms with Crippen molar-refractivity contribution in [1.29, 1.82) is 0 Å². The maximum atomic E-state index is 14.3. The van der Waals surface area contributed by atoms with Gasteiger partial charge in [0.2, 0.25) is 0 Å². The molecular formula is C30H31N7O2. The first kappa shape index (κ1) is 24.8. The van der Waals surface area contributed by atoms with Gasteiger partial charge < -0.3 is 15.1 Å². The van der Waals surface area contributed by atoms with E-state index in [0.29, 0.717) is 28.0 Å². The number of aryl methyl sites for hydroxylation is 1. The number of para-hydroxylation sites is 1. The fourth-order valence-corrected chi connectivity index (χ4v) is 5.44. The molecule has 0 saturated carbocycles. The van der Waals surface area contributed by atoms with Crippen LogP contribution >= 0.6 is 0 Å². The Morgan fingerprint density at radius 3 is 2.54 bits per heavy atom. The number of piperazine rings is 1. The summed E-state index contributed by atoms with van der Waals surface area (Å²) in [4.78, 5) is 36.8. The van der Waals surface area contributed by atoms with E-state index in [0.717, 1.165) is 42.9 Å². The fourth-order valence-electron chi connectivity index (χ4n) is 5.44. The third-order valence-corrected chi connectivity index (χ3v) is 7.50. The number of anilines is 1. The smallest absolute Gasteiger partial charge is 0.265 e. The summed E-state index contributed by atoms with van der Waals surface area (Å²) in [6.07, 6.45) is 3.41. The quantitative estimate of drug-likeness (QED) is 0.380. The molecule has 0 bridgehead atoms. The van der Waals surface area contributed by atoms with Crippen LogP contribution in [0.4, 0.5) is 5.69 Å². The zero-order chi connectivity index (χ0) is 27.1. The summed E-state index contributed by atoms with van der Waals surface area (Å²) >= 11 is 0. The van der Waals surface area contributed by atoms with Gasteiger partial charge in [0, 0.05) is 50.0 Å². The molecule has 1 saturated heterocycles. The Balaban J connectivity index is 1.46. The molecule has 1 atom stereocenters. The van der Waals surface area contributed by atoms with Gasteiger partial charge in [-0.2, -0.15) is 5.10 Å². The molecule has 1 aliphatic heterocycles. The van der Waals surface area contributed by atoms with Gasteiger partial charge in [-0.1, -0.05) is 30.3 Å². The first-order chi connectivity index (χ1) is 18.9. The number of pyridine rings is 1. The number of fused-ring (bicyclic) bond motifs is 2. The Bertz CT molecular complexity index is 1730. The third-order valence-electron chi connectivity index (χ3n) is 7.50. The van der Waals surface area contributed by atoms with Gasteiger partial charge in [-0.05, 0) is 56.6 Å². The molecule has 1 aliphatic rings. The van der Waals surface area contributed by atoms with Crippen LogP contribution in [0, 0.1) is 6.92 Å². The molecule has 198 valence electrons. The molecule has 3 aromatic heterocycles. The Labute approximate surface area is 226 Å². The van der Waals surface area contributed by atoms with Crippen molar-refractivity contribution in [3.63, 3.8) is 0 Å². The molecule has 1 fully saturated rings. The Hall–Kier alpha value is -4.50. The molecule has 0 spiro atoms. The first-order valence-electron chi connectivity index (χ1n) is 13.2. The van der Waals surface area contributed by atoms with Gasteiger partial charge in [0.15, 0.2) is 5.65 Å². The number of nitrogens with zero attached hydrogens (tertiary/aromatic N) is 6. The van der Waals surface area contributed by atoms with Crippen LogP contribution in [0.2, 0.25) is 0 Å². The molecule has 9 nitrogen and oxygen atoms in total. The van der Waals surface area contributed by atoms with Crippen LogP contribution in [-0.4, -0.2) is 63.2 Å². The molecular weight excluding hydrogens is 490 g/mol. The van der Waals surface area contributed by atoms with Crippen LogP contribution in [0.1, 0.15) is 34.7 Å². The van der Waals surface area contributed by atoms with E-state index in [9.17, 15) is 9.59 Å². The van der Waals surface area contributed by atoms with E-state index in [2.05, 4.69) is 32.2 Å².